The van der Waals surface area contributed by atoms with Gasteiger partial charge in [0.25, 0.3) is 0 Å². The normalized spacial score (nSPS) is 11.6. The van der Waals surface area contributed by atoms with Crippen molar-refractivity contribution in [1.29, 1.82) is 0 Å². The van der Waals surface area contributed by atoms with Gasteiger partial charge in [0.05, 0.1) is 5.56 Å². The summed E-state index contributed by atoms with van der Waals surface area (Å²) in [5.41, 5.74) is -0.687. The Labute approximate surface area is 119 Å². The van der Waals surface area contributed by atoms with E-state index in [1.54, 1.807) is 6.07 Å². The number of fused-ring (bicyclic) bond motifs is 1. The lowest BCUT2D eigenvalue weighted by molar-refractivity contribution is -0.137. The van der Waals surface area contributed by atoms with Gasteiger partial charge >= 0.3 is 6.18 Å². The first-order chi connectivity index (χ1) is 10.0. The summed E-state index contributed by atoms with van der Waals surface area (Å²) >= 11 is 0. The van der Waals surface area contributed by atoms with E-state index >= 15 is 0 Å². The van der Waals surface area contributed by atoms with Crippen molar-refractivity contribution in [3.05, 3.63) is 72.3 Å². The first-order valence-electron chi connectivity index (χ1n) is 6.36. The summed E-state index contributed by atoms with van der Waals surface area (Å²) in [4.78, 5) is 0. The van der Waals surface area contributed by atoms with E-state index < -0.39 is 11.7 Å². The van der Waals surface area contributed by atoms with Gasteiger partial charge in [-0.2, -0.15) is 13.2 Å². The summed E-state index contributed by atoms with van der Waals surface area (Å²) < 4.78 is 43.0. The quantitative estimate of drug-likeness (QED) is 0.592. The predicted molar refractivity (Wildman–Crippen MR) is 75.5 cm³/mol. The molecule has 0 atom stereocenters. The van der Waals surface area contributed by atoms with E-state index in [-0.39, 0.29) is 0 Å². The summed E-state index contributed by atoms with van der Waals surface area (Å²) in [5, 5.41) is 2.10. The molecule has 0 fully saturated rings. The van der Waals surface area contributed by atoms with Crippen LogP contribution in [0.15, 0.2) is 66.7 Å². The third kappa shape index (κ3) is 2.99. The average Bonchev–Trinajstić information content (AvgIpc) is 2.47. The van der Waals surface area contributed by atoms with Crippen molar-refractivity contribution in [2.75, 3.05) is 0 Å². The average molecular weight is 288 g/mol. The van der Waals surface area contributed by atoms with Gasteiger partial charge in [0.15, 0.2) is 0 Å². The summed E-state index contributed by atoms with van der Waals surface area (Å²) in [6.07, 6.45) is -4.33. The lowest BCUT2D eigenvalue weighted by Crippen LogP contribution is -2.03. The number of hydrogen-bond acceptors (Lipinski definition) is 1. The summed E-state index contributed by atoms with van der Waals surface area (Å²) in [7, 11) is 0. The fourth-order valence-electron chi connectivity index (χ4n) is 2.08. The van der Waals surface area contributed by atoms with Gasteiger partial charge in [-0.15, -0.1) is 0 Å². The molecule has 0 N–H and O–H groups in total. The van der Waals surface area contributed by atoms with Gasteiger partial charge in [-0.05, 0) is 47.2 Å². The molecule has 0 aliphatic carbocycles. The molecular weight excluding hydrogens is 277 g/mol. The van der Waals surface area contributed by atoms with Gasteiger partial charge in [0.1, 0.15) is 11.5 Å². The van der Waals surface area contributed by atoms with Crippen LogP contribution in [-0.4, -0.2) is 0 Å². The largest absolute Gasteiger partial charge is 0.457 e. The highest BCUT2D eigenvalue weighted by Gasteiger charge is 2.30. The molecule has 0 saturated carbocycles. The Balaban J connectivity index is 1.84. The fraction of sp³-hybridized carbons (Fsp3) is 0.0588. The lowest BCUT2D eigenvalue weighted by Gasteiger charge is -2.09. The molecule has 0 heterocycles. The van der Waals surface area contributed by atoms with Crippen LogP contribution in [0.1, 0.15) is 5.56 Å². The van der Waals surface area contributed by atoms with Crippen molar-refractivity contribution < 1.29 is 17.9 Å². The molecule has 0 radical (unpaired) electrons. The van der Waals surface area contributed by atoms with Gasteiger partial charge < -0.3 is 4.74 Å². The Bertz CT molecular complexity index is 761. The van der Waals surface area contributed by atoms with Crippen LogP contribution in [0.4, 0.5) is 13.2 Å². The molecule has 0 aliphatic heterocycles. The number of hydrogen-bond donors (Lipinski definition) is 0. The van der Waals surface area contributed by atoms with E-state index in [2.05, 4.69) is 0 Å². The maximum Gasteiger partial charge on any atom is 0.416 e. The second-order valence-electron chi connectivity index (χ2n) is 4.63. The highest BCUT2D eigenvalue weighted by molar-refractivity contribution is 5.83. The molecule has 0 saturated heterocycles. The maximum absolute atomic E-state index is 12.5. The van der Waals surface area contributed by atoms with Crippen molar-refractivity contribution in [2.45, 2.75) is 6.18 Å². The van der Waals surface area contributed by atoms with Gasteiger partial charge in [-0.25, -0.2) is 0 Å². The zero-order valence-electron chi connectivity index (χ0n) is 10.9. The molecule has 3 aromatic carbocycles. The van der Waals surface area contributed by atoms with Crippen LogP contribution in [0.3, 0.4) is 0 Å². The van der Waals surface area contributed by atoms with Crippen molar-refractivity contribution in [2.24, 2.45) is 0 Å². The van der Waals surface area contributed by atoms with E-state index in [0.717, 1.165) is 22.9 Å². The Morgan fingerprint density at radius 3 is 1.95 bits per heavy atom. The Hall–Kier alpha value is -2.49. The van der Waals surface area contributed by atoms with Crippen LogP contribution in [0.5, 0.6) is 11.5 Å². The molecule has 0 amide bonds. The zero-order valence-corrected chi connectivity index (χ0v) is 10.9. The van der Waals surface area contributed by atoms with E-state index in [9.17, 15) is 13.2 Å². The van der Waals surface area contributed by atoms with Gasteiger partial charge in [0.2, 0.25) is 0 Å². The van der Waals surface area contributed by atoms with Crippen molar-refractivity contribution >= 4 is 10.8 Å². The molecule has 0 spiro atoms. The molecule has 0 aliphatic rings. The van der Waals surface area contributed by atoms with Crippen LogP contribution >= 0.6 is 0 Å². The molecule has 1 nitrogen and oxygen atoms in total. The number of rotatable bonds is 2. The van der Waals surface area contributed by atoms with E-state index in [1.165, 1.54) is 12.1 Å². The molecule has 0 unspecified atom stereocenters. The van der Waals surface area contributed by atoms with E-state index in [0.29, 0.717) is 11.5 Å². The molecule has 4 heteroatoms. The van der Waals surface area contributed by atoms with E-state index in [1.807, 2.05) is 36.4 Å². The third-order valence-electron chi connectivity index (χ3n) is 3.14. The first-order valence-corrected chi connectivity index (χ1v) is 6.36. The predicted octanol–water partition coefficient (Wildman–Crippen LogP) is 5.65. The first kappa shape index (κ1) is 13.5. The Morgan fingerprint density at radius 1 is 0.667 bits per heavy atom. The summed E-state index contributed by atoms with van der Waals surface area (Å²) in [5.74, 6) is 0.965. The molecule has 21 heavy (non-hydrogen) atoms. The minimum atomic E-state index is -4.33. The summed E-state index contributed by atoms with van der Waals surface area (Å²) in [6, 6.07) is 18.0. The minimum Gasteiger partial charge on any atom is -0.457 e. The molecular formula is C17H11F3O. The Morgan fingerprint density at radius 2 is 1.29 bits per heavy atom. The second kappa shape index (κ2) is 5.13. The zero-order chi connectivity index (χ0) is 14.9. The van der Waals surface area contributed by atoms with Gasteiger partial charge in [0, 0.05) is 0 Å². The van der Waals surface area contributed by atoms with Crippen LogP contribution in [0.2, 0.25) is 0 Å². The SMILES string of the molecule is FC(F)(F)c1ccc(Oc2ccc3ccccc3c2)cc1. The number of benzene rings is 3. The Kier molecular flexibility index (Phi) is 3.29. The van der Waals surface area contributed by atoms with E-state index in [4.69, 9.17) is 4.74 Å². The highest BCUT2D eigenvalue weighted by atomic mass is 19.4. The van der Waals surface area contributed by atoms with Crippen molar-refractivity contribution in [3.63, 3.8) is 0 Å². The topological polar surface area (TPSA) is 9.23 Å². The smallest absolute Gasteiger partial charge is 0.416 e. The standard InChI is InChI=1S/C17H11F3O/c18-17(19,20)14-6-9-15(10-7-14)21-16-8-5-12-3-1-2-4-13(12)11-16/h1-11H. The van der Waals surface area contributed by atoms with Gasteiger partial charge in [-0.1, -0.05) is 30.3 Å². The van der Waals surface area contributed by atoms with Crippen LogP contribution in [-0.2, 0) is 6.18 Å². The molecule has 0 aromatic heterocycles. The number of alkyl halides is 3. The lowest BCUT2D eigenvalue weighted by atomic mass is 10.1. The molecule has 106 valence electrons. The molecule has 0 bridgehead atoms. The molecule has 3 rings (SSSR count). The minimum absolute atomic E-state index is 0.373. The highest BCUT2D eigenvalue weighted by Crippen LogP contribution is 2.31. The third-order valence-corrected chi connectivity index (χ3v) is 3.14. The number of ether oxygens (including phenoxy) is 1. The second-order valence-corrected chi connectivity index (χ2v) is 4.63. The van der Waals surface area contributed by atoms with Gasteiger partial charge in [-0.3, -0.25) is 0 Å². The van der Waals surface area contributed by atoms with Crippen molar-refractivity contribution in [3.8, 4) is 11.5 Å². The monoisotopic (exact) mass is 288 g/mol. The molecule has 3 aromatic rings. The van der Waals surface area contributed by atoms with Crippen molar-refractivity contribution in [1.82, 2.24) is 0 Å². The van der Waals surface area contributed by atoms with Crippen LogP contribution < -0.4 is 4.74 Å². The number of halogens is 3. The van der Waals surface area contributed by atoms with Crippen LogP contribution in [0, 0.1) is 0 Å². The maximum atomic E-state index is 12.5. The summed E-state index contributed by atoms with van der Waals surface area (Å²) in [6.45, 7) is 0. The fourth-order valence-corrected chi connectivity index (χ4v) is 2.08. The van der Waals surface area contributed by atoms with Crippen LogP contribution in [0.25, 0.3) is 10.8 Å².